The molecular formula is C7H12BrNO4S. The molecular weight excluding hydrogens is 274 g/mol. The number of nitrogens with zero attached hydrogens (tertiary/aromatic N) is 1. The van der Waals surface area contributed by atoms with Gasteiger partial charge in [-0.2, -0.15) is 0 Å². The molecule has 1 rings (SSSR count). The molecule has 0 bridgehead atoms. The highest BCUT2D eigenvalue weighted by Gasteiger charge is 2.31. The van der Waals surface area contributed by atoms with Crippen molar-refractivity contribution in [1.82, 2.24) is 4.31 Å². The Hall–Kier alpha value is -0.140. The van der Waals surface area contributed by atoms with Crippen molar-refractivity contribution in [3.63, 3.8) is 0 Å². The van der Waals surface area contributed by atoms with Gasteiger partial charge >= 0.3 is 5.97 Å². The lowest BCUT2D eigenvalue weighted by Gasteiger charge is -2.29. The molecule has 7 heteroatoms. The van der Waals surface area contributed by atoms with Crippen LogP contribution in [0.15, 0.2) is 0 Å². The third-order valence-corrected chi connectivity index (χ3v) is 5.39. The van der Waals surface area contributed by atoms with Crippen molar-refractivity contribution in [3.8, 4) is 0 Å². The third kappa shape index (κ3) is 2.68. The lowest BCUT2D eigenvalue weighted by Crippen LogP contribution is -2.42. The van der Waals surface area contributed by atoms with Crippen molar-refractivity contribution in [2.75, 3.05) is 17.8 Å². The number of aliphatic carboxylic acids is 1. The van der Waals surface area contributed by atoms with Gasteiger partial charge in [-0.15, -0.1) is 0 Å². The number of carboxylic acid groups (broad SMARTS) is 1. The summed E-state index contributed by atoms with van der Waals surface area (Å²) < 4.78 is 23.9. The lowest BCUT2D eigenvalue weighted by molar-refractivity contribution is -0.142. The molecule has 1 saturated heterocycles. The van der Waals surface area contributed by atoms with E-state index in [9.17, 15) is 13.2 Å². The van der Waals surface area contributed by atoms with Gasteiger partial charge in [0.05, 0.1) is 5.92 Å². The molecule has 0 amide bonds. The van der Waals surface area contributed by atoms with Crippen LogP contribution in [0.3, 0.4) is 0 Å². The largest absolute Gasteiger partial charge is 0.481 e. The van der Waals surface area contributed by atoms with Gasteiger partial charge in [0, 0.05) is 13.1 Å². The minimum absolute atomic E-state index is 0.100. The Labute approximate surface area is 91.3 Å². The van der Waals surface area contributed by atoms with Crippen LogP contribution in [-0.4, -0.2) is 41.6 Å². The monoisotopic (exact) mass is 285 g/mol. The van der Waals surface area contributed by atoms with Crippen molar-refractivity contribution >= 4 is 31.9 Å². The highest BCUT2D eigenvalue weighted by molar-refractivity contribution is 9.10. The van der Waals surface area contributed by atoms with E-state index in [1.165, 1.54) is 4.31 Å². The molecule has 1 aliphatic heterocycles. The molecule has 0 spiro atoms. The SMILES string of the molecule is O=C(O)[C@@H]1CCCN(S(=O)(=O)CBr)C1. The second-order valence-corrected chi connectivity index (χ2v) is 6.53. The first-order chi connectivity index (χ1) is 6.47. The van der Waals surface area contributed by atoms with Gasteiger partial charge in [-0.1, -0.05) is 15.9 Å². The summed E-state index contributed by atoms with van der Waals surface area (Å²) in [7, 11) is -3.30. The van der Waals surface area contributed by atoms with Crippen LogP contribution < -0.4 is 0 Å². The maximum atomic E-state index is 11.4. The average molecular weight is 286 g/mol. The van der Waals surface area contributed by atoms with Crippen LogP contribution in [0, 0.1) is 5.92 Å². The normalized spacial score (nSPS) is 24.8. The Morgan fingerprint density at radius 2 is 2.21 bits per heavy atom. The summed E-state index contributed by atoms with van der Waals surface area (Å²) in [6, 6.07) is 0. The molecule has 5 nitrogen and oxygen atoms in total. The second-order valence-electron chi connectivity index (χ2n) is 3.26. The first kappa shape index (κ1) is 11.9. The Balaban J connectivity index is 2.70. The number of piperidine rings is 1. The van der Waals surface area contributed by atoms with Gasteiger partial charge < -0.3 is 5.11 Å². The number of hydrogen-bond acceptors (Lipinski definition) is 3. The van der Waals surface area contributed by atoms with Crippen molar-refractivity contribution in [2.45, 2.75) is 12.8 Å². The zero-order valence-corrected chi connectivity index (χ0v) is 9.92. The Kier molecular flexibility index (Phi) is 3.91. The van der Waals surface area contributed by atoms with Gasteiger partial charge in [0.25, 0.3) is 0 Å². The number of hydrogen-bond donors (Lipinski definition) is 1. The second kappa shape index (κ2) is 4.59. The molecule has 0 unspecified atom stereocenters. The fourth-order valence-electron chi connectivity index (χ4n) is 1.47. The maximum absolute atomic E-state index is 11.4. The summed E-state index contributed by atoms with van der Waals surface area (Å²) in [6.45, 7) is 0.529. The Morgan fingerprint density at radius 3 is 2.71 bits per heavy atom. The molecule has 0 radical (unpaired) electrons. The number of alkyl halides is 1. The maximum Gasteiger partial charge on any atom is 0.307 e. The molecule has 1 atom stereocenters. The number of sulfonamides is 1. The summed E-state index contributed by atoms with van der Waals surface area (Å²) in [5.41, 5.74) is 0. The zero-order chi connectivity index (χ0) is 10.8. The topological polar surface area (TPSA) is 74.7 Å². The first-order valence-corrected chi connectivity index (χ1v) is 6.97. The molecule has 82 valence electrons. The number of halogens is 1. The highest BCUT2D eigenvalue weighted by atomic mass is 79.9. The number of rotatable bonds is 3. The Bertz CT molecular complexity index is 316. The number of carboxylic acids is 1. The third-order valence-electron chi connectivity index (χ3n) is 2.26. The molecule has 0 aromatic rings. The van der Waals surface area contributed by atoms with Crippen LogP contribution in [-0.2, 0) is 14.8 Å². The van der Waals surface area contributed by atoms with E-state index in [-0.39, 0.29) is 11.2 Å². The summed E-state index contributed by atoms with van der Waals surface area (Å²) >= 11 is 2.89. The Morgan fingerprint density at radius 1 is 1.57 bits per heavy atom. The quantitative estimate of drug-likeness (QED) is 0.765. The van der Waals surface area contributed by atoms with E-state index in [2.05, 4.69) is 15.9 Å². The molecule has 0 saturated carbocycles. The summed E-state index contributed by atoms with van der Waals surface area (Å²) in [5, 5.41) is 8.76. The van der Waals surface area contributed by atoms with E-state index < -0.39 is 21.9 Å². The predicted octanol–water partition coefficient (Wildman–Crippen LogP) is 0.465. The van der Waals surface area contributed by atoms with Crippen LogP contribution in [0.2, 0.25) is 0 Å². The number of carbonyl (C=O) groups is 1. The van der Waals surface area contributed by atoms with E-state index >= 15 is 0 Å². The van der Waals surface area contributed by atoms with Gasteiger partial charge in [0.2, 0.25) is 10.0 Å². The van der Waals surface area contributed by atoms with E-state index in [0.717, 1.165) is 0 Å². The van der Waals surface area contributed by atoms with Crippen molar-refractivity contribution in [1.29, 1.82) is 0 Å². The van der Waals surface area contributed by atoms with E-state index in [1.807, 2.05) is 0 Å². The fraction of sp³-hybridized carbons (Fsp3) is 0.857. The zero-order valence-electron chi connectivity index (χ0n) is 7.52. The average Bonchev–Trinajstić information content (AvgIpc) is 2.18. The van der Waals surface area contributed by atoms with Crippen molar-refractivity contribution in [2.24, 2.45) is 5.92 Å². The fourth-order valence-corrected chi connectivity index (χ4v) is 3.29. The van der Waals surface area contributed by atoms with Crippen LogP contribution >= 0.6 is 15.9 Å². The van der Waals surface area contributed by atoms with E-state index in [4.69, 9.17) is 5.11 Å². The van der Waals surface area contributed by atoms with Crippen LogP contribution in [0.5, 0.6) is 0 Å². The van der Waals surface area contributed by atoms with Gasteiger partial charge in [-0.3, -0.25) is 4.79 Å². The van der Waals surface area contributed by atoms with Crippen LogP contribution in [0.4, 0.5) is 0 Å². The summed E-state index contributed by atoms with van der Waals surface area (Å²) in [4.78, 5) is 10.7. The van der Waals surface area contributed by atoms with E-state index in [0.29, 0.717) is 19.4 Å². The molecule has 1 heterocycles. The van der Waals surface area contributed by atoms with Gasteiger partial charge in [0.15, 0.2) is 0 Å². The molecule has 0 aromatic carbocycles. The van der Waals surface area contributed by atoms with Crippen LogP contribution in [0.1, 0.15) is 12.8 Å². The van der Waals surface area contributed by atoms with Gasteiger partial charge in [-0.25, -0.2) is 12.7 Å². The summed E-state index contributed by atoms with van der Waals surface area (Å²) in [5.74, 6) is -1.47. The van der Waals surface area contributed by atoms with Gasteiger partial charge in [0.1, 0.15) is 4.66 Å². The molecule has 0 aliphatic carbocycles. The first-order valence-electron chi connectivity index (χ1n) is 4.24. The summed E-state index contributed by atoms with van der Waals surface area (Å²) in [6.07, 6.45) is 1.17. The molecule has 14 heavy (non-hydrogen) atoms. The standard InChI is InChI=1S/C7H12BrNO4S/c8-5-14(12,13)9-3-1-2-6(4-9)7(10)11/h6H,1-5H2,(H,10,11)/t6-/m1/s1. The smallest absolute Gasteiger partial charge is 0.307 e. The molecule has 0 aromatic heterocycles. The van der Waals surface area contributed by atoms with Crippen molar-refractivity contribution < 1.29 is 18.3 Å². The molecule has 1 aliphatic rings. The van der Waals surface area contributed by atoms with Crippen molar-refractivity contribution in [3.05, 3.63) is 0 Å². The molecule has 1 fully saturated rings. The van der Waals surface area contributed by atoms with Gasteiger partial charge in [-0.05, 0) is 12.8 Å². The van der Waals surface area contributed by atoms with Crippen LogP contribution in [0.25, 0.3) is 0 Å². The lowest BCUT2D eigenvalue weighted by atomic mass is 10.0. The minimum Gasteiger partial charge on any atom is -0.481 e. The molecule has 1 N–H and O–H groups in total. The van der Waals surface area contributed by atoms with E-state index in [1.54, 1.807) is 0 Å². The highest BCUT2D eigenvalue weighted by Crippen LogP contribution is 2.20. The minimum atomic E-state index is -3.30. The predicted molar refractivity (Wildman–Crippen MR) is 54.6 cm³/mol.